The van der Waals surface area contributed by atoms with Crippen LogP contribution in [0.25, 0.3) is 0 Å². The Hall–Kier alpha value is -0.500. The number of phosphoric ester groups is 1. The van der Waals surface area contributed by atoms with Crippen molar-refractivity contribution in [2.75, 3.05) is 47.4 Å². The summed E-state index contributed by atoms with van der Waals surface area (Å²) in [6, 6.07) is 0. The van der Waals surface area contributed by atoms with E-state index in [0.29, 0.717) is 17.3 Å². The van der Waals surface area contributed by atoms with E-state index in [9.17, 15) is 19.4 Å². The smallest absolute Gasteiger partial charge is 0.305 e. The van der Waals surface area contributed by atoms with Gasteiger partial charge in [0, 0.05) is 6.42 Å². The molecule has 0 bridgehead atoms. The van der Waals surface area contributed by atoms with E-state index in [2.05, 4.69) is 20.7 Å². The number of carbonyl (C=O) groups excluding carboxylic acids is 1. The van der Waals surface area contributed by atoms with Gasteiger partial charge in [0.1, 0.15) is 25.8 Å². The molecule has 0 rings (SSSR count). The summed E-state index contributed by atoms with van der Waals surface area (Å²) in [6.45, 7) is -5.35. The molecule has 0 amide bonds. The van der Waals surface area contributed by atoms with Gasteiger partial charge in [0.15, 0.2) is 0 Å². The van der Waals surface area contributed by atoms with Crippen LogP contribution in [0.1, 0.15) is 110 Å². The number of rotatable bonds is 24. The van der Waals surface area contributed by atoms with E-state index in [-0.39, 0.29) is 19.6 Å². The van der Waals surface area contributed by atoms with Crippen molar-refractivity contribution in [3.8, 4) is 0 Å². The summed E-state index contributed by atoms with van der Waals surface area (Å²) in [5.74, 6) is -1.08. The monoisotopic (exact) mass is 514 g/mol. The molecule has 2 atom stereocenters. The van der Waals surface area contributed by atoms with Crippen LogP contribution in [-0.4, -0.2) is 69.1 Å². The zero-order valence-corrected chi connectivity index (χ0v) is 22.7. The van der Waals surface area contributed by atoms with Crippen LogP contribution in [-0.2, 0) is 23.1 Å². The van der Waals surface area contributed by atoms with E-state index in [1.165, 1.54) is 57.8 Å². The highest BCUT2D eigenvalue weighted by Crippen LogP contribution is 2.38. The van der Waals surface area contributed by atoms with Gasteiger partial charge in [-0.15, -0.1) is 0 Å². The summed E-state index contributed by atoms with van der Waals surface area (Å²) in [5.41, 5.74) is 0. The molecule has 9 heteroatoms. The maximum absolute atomic E-state index is 12.1. The van der Waals surface area contributed by atoms with E-state index < -0.39 is 33.0 Å². The summed E-state index contributed by atoms with van der Waals surface area (Å²) in [5, 5.41) is 10.2. The van der Waals surface area contributed by atoms with Gasteiger partial charge in [0.2, 0.25) is 0 Å². The number of hydrogen-bond acceptors (Lipinski definition) is 7. The molecule has 0 aromatic rings. The minimum atomic E-state index is -5.37. The molecule has 0 heterocycles. The lowest BCUT2D eigenvalue weighted by atomic mass is 10.0. The quantitative estimate of drug-likeness (QED) is 0.0839. The number of likely N-dealkylation sites (N-methyl/N-ethyl adjacent to an activating group) is 1. The predicted octanol–water partition coefficient (Wildman–Crippen LogP) is 4.97. The van der Waals surface area contributed by atoms with E-state index in [1.807, 2.05) is 0 Å². The fraction of sp³-hybridized carbons (Fsp3) is 0.960. The van der Waals surface area contributed by atoms with Crippen molar-refractivity contribution in [1.29, 1.82) is 0 Å². The van der Waals surface area contributed by atoms with Crippen LogP contribution >= 0.6 is 7.82 Å². The highest BCUT2D eigenvalue weighted by Gasteiger charge is 2.16. The van der Waals surface area contributed by atoms with E-state index >= 15 is 0 Å². The molecule has 0 radical (unpaired) electrons. The third-order valence-electron chi connectivity index (χ3n) is 5.26. The fourth-order valence-electron chi connectivity index (χ4n) is 3.19. The summed E-state index contributed by atoms with van der Waals surface area (Å²) < 4.78 is 64.3. The van der Waals surface area contributed by atoms with Gasteiger partial charge in [0.05, 0.1) is 34.6 Å². The van der Waals surface area contributed by atoms with Crippen molar-refractivity contribution < 1.29 is 44.5 Å². The Kier molecular flexibility index (Phi) is 15.3. The van der Waals surface area contributed by atoms with Gasteiger partial charge < -0.3 is 28.3 Å². The van der Waals surface area contributed by atoms with Gasteiger partial charge in [-0.25, -0.2) is 0 Å². The van der Waals surface area contributed by atoms with Gasteiger partial charge in [0.25, 0.3) is 7.82 Å². The number of nitrogens with zero attached hydrogens (tertiary/aromatic N) is 1. The Morgan fingerprint density at radius 1 is 0.912 bits per heavy atom. The summed E-state index contributed by atoms with van der Waals surface area (Å²) in [7, 11) is -0.0659. The van der Waals surface area contributed by atoms with Crippen LogP contribution in [0.4, 0.5) is 0 Å². The second-order valence-electron chi connectivity index (χ2n) is 9.76. The Morgan fingerprint density at radius 3 is 1.85 bits per heavy atom. The van der Waals surface area contributed by atoms with E-state index in [1.54, 1.807) is 21.1 Å². The highest BCUT2D eigenvalue weighted by atomic mass is 31.2. The first-order valence-electron chi connectivity index (χ1n) is 15.3. The molecule has 34 heavy (non-hydrogen) atoms. The molecule has 0 spiro atoms. The van der Waals surface area contributed by atoms with Crippen molar-refractivity contribution in [1.82, 2.24) is 0 Å². The average molecular weight is 515 g/mol. The van der Waals surface area contributed by atoms with Crippen LogP contribution in [0.5, 0.6) is 0 Å². The maximum atomic E-state index is 12.1. The lowest BCUT2D eigenvalue weighted by molar-refractivity contribution is -0.870. The average Bonchev–Trinajstić information content (AvgIpc) is 2.77. The number of carbonyl (C=O) groups is 1. The minimum absolute atomic E-state index is 0.189. The largest absolute Gasteiger partial charge is 0.756 e. The topological polar surface area (TPSA) is 105 Å². The first-order valence-corrected chi connectivity index (χ1v) is 14.2. The summed E-state index contributed by atoms with van der Waals surface area (Å²) in [4.78, 5) is 24.1. The van der Waals surface area contributed by atoms with Crippen LogP contribution in [0.3, 0.4) is 0 Å². The number of quaternary nitrogens is 1. The minimum Gasteiger partial charge on any atom is -0.756 e. The maximum Gasteiger partial charge on any atom is 0.305 e. The number of hydrogen-bond donors (Lipinski definition) is 1. The Labute approximate surface area is 215 Å². The zero-order chi connectivity index (χ0) is 30.2. The summed E-state index contributed by atoms with van der Waals surface area (Å²) in [6.07, 6.45) is 11.6. The number of phosphoric acid groups is 1. The molecule has 1 unspecified atom stereocenters. The molecule has 0 fully saturated rings. The molecule has 0 saturated heterocycles. The summed E-state index contributed by atoms with van der Waals surface area (Å²) >= 11 is 0. The van der Waals surface area contributed by atoms with Crippen molar-refractivity contribution in [2.24, 2.45) is 0 Å². The molecule has 0 aromatic carbocycles. The van der Waals surface area contributed by atoms with Crippen LogP contribution < -0.4 is 4.89 Å². The number of esters is 1. The van der Waals surface area contributed by atoms with E-state index in [0.717, 1.165) is 19.3 Å². The van der Waals surface area contributed by atoms with Crippen LogP contribution in [0.2, 0.25) is 0 Å². The molecular weight excluding hydrogens is 457 g/mol. The molecule has 8 nitrogen and oxygen atoms in total. The molecular formula is C25H52NO7P. The molecule has 0 aromatic heterocycles. The van der Waals surface area contributed by atoms with Gasteiger partial charge >= 0.3 is 5.97 Å². The molecule has 1 N–H and O–H groups in total. The highest BCUT2D eigenvalue weighted by molar-refractivity contribution is 7.45. The van der Waals surface area contributed by atoms with Crippen molar-refractivity contribution in [3.63, 3.8) is 0 Å². The van der Waals surface area contributed by atoms with Crippen molar-refractivity contribution >= 4 is 13.8 Å². The number of aliphatic hydroxyl groups is 1. The van der Waals surface area contributed by atoms with E-state index in [4.69, 9.17) is 6.85 Å². The standard InChI is InChI=1S/C25H52NO7P/c1-5-6-7-8-9-10-11-12-13-14-15-16-17-18-19-25(28)31-22-24(27)23-33-34(29,30)32-21-20-26(2,3)4/h24,27H,5-23H2,1-4H3/t24-/m1/s1/i22D2,23D2,24D. The molecule has 204 valence electrons. The van der Waals surface area contributed by atoms with Gasteiger partial charge in [-0.1, -0.05) is 90.4 Å². The normalized spacial score (nSPS) is 18.6. The van der Waals surface area contributed by atoms with Crippen molar-refractivity contribution in [3.05, 3.63) is 0 Å². The number of unbranched alkanes of at least 4 members (excludes halogenated alkanes) is 13. The fourth-order valence-corrected chi connectivity index (χ4v) is 3.75. The van der Waals surface area contributed by atoms with Crippen molar-refractivity contribution in [2.45, 2.75) is 109 Å². The molecule has 0 aliphatic rings. The second kappa shape index (κ2) is 20.7. The van der Waals surface area contributed by atoms with Gasteiger partial charge in [-0.3, -0.25) is 9.36 Å². The molecule has 0 aliphatic heterocycles. The Balaban J connectivity index is 4.35. The lowest BCUT2D eigenvalue weighted by Crippen LogP contribution is -2.37. The van der Waals surface area contributed by atoms with Crippen LogP contribution in [0.15, 0.2) is 0 Å². The second-order valence-corrected chi connectivity index (χ2v) is 11.1. The SMILES string of the molecule is [2H]C([2H])(OC(=O)CCCCCCCCCCCCCCCC)[C@@]([2H])(O)C([2H])([2H])OP(=O)([O-])OCC[N+](C)(C)C. The lowest BCUT2D eigenvalue weighted by Gasteiger charge is -2.27. The Morgan fingerprint density at radius 2 is 1.38 bits per heavy atom. The Bertz CT molecular complexity index is 736. The molecule has 0 saturated carbocycles. The molecule has 0 aliphatic carbocycles. The third kappa shape index (κ3) is 24.6. The van der Waals surface area contributed by atoms with Gasteiger partial charge in [-0.05, 0) is 6.42 Å². The zero-order valence-electron chi connectivity index (χ0n) is 26.8. The third-order valence-corrected chi connectivity index (χ3v) is 6.08. The first kappa shape index (κ1) is 25.2. The van der Waals surface area contributed by atoms with Crippen LogP contribution in [0, 0.1) is 0 Å². The predicted molar refractivity (Wildman–Crippen MR) is 134 cm³/mol. The van der Waals surface area contributed by atoms with Gasteiger partial charge in [-0.2, -0.15) is 0 Å². The first-order chi connectivity index (χ1) is 17.9. The number of ether oxygens (including phenoxy) is 1.